The average Bonchev–Trinajstić information content (AvgIpc) is 2.50. The first kappa shape index (κ1) is 41.5. The minimum Gasteiger partial charge on any atom is -0.744 e. The van der Waals surface area contributed by atoms with E-state index >= 15 is 0 Å². The molecule has 0 unspecified atom stereocenters. The van der Waals surface area contributed by atoms with Gasteiger partial charge in [-0.25, -0.2) is 33.7 Å². The second-order valence-electron chi connectivity index (χ2n) is 5.39. The maximum atomic E-state index is 11.4. The number of hydrogen-bond donors (Lipinski definition) is 0. The summed E-state index contributed by atoms with van der Waals surface area (Å²) < 4.78 is 135. The van der Waals surface area contributed by atoms with Crippen LogP contribution in [0.3, 0.4) is 0 Å². The fourth-order valence-corrected chi connectivity index (χ4v) is 7.57. The first-order valence-electron chi connectivity index (χ1n) is 6.75. The molecular weight excluding hydrogens is 716 g/mol. The van der Waals surface area contributed by atoms with E-state index in [9.17, 15) is 51.9 Å². The van der Waals surface area contributed by atoms with Crippen LogP contribution in [-0.2, 0) is 40.5 Å². The maximum absolute atomic E-state index is 11.4. The second-order valence-corrected chi connectivity index (χ2v) is 12.4. The van der Waals surface area contributed by atoms with E-state index in [-0.39, 0.29) is 118 Å². The third-order valence-electron chi connectivity index (χ3n) is 3.42. The van der Waals surface area contributed by atoms with Gasteiger partial charge in [0.1, 0.15) is 40.5 Å². The molecule has 22 heteroatoms. The molecule has 0 bridgehead atoms. The van der Waals surface area contributed by atoms with Crippen LogP contribution in [0.2, 0.25) is 0 Å². The topological polar surface area (TPSA) is 229 Å². The molecule has 0 atom stereocenters. The largest absolute Gasteiger partial charge is 1.00 e. The summed E-state index contributed by atoms with van der Waals surface area (Å²) in [5, 5.41) is 0. The summed E-state index contributed by atoms with van der Waals surface area (Å²) in [6.07, 6.45) is 0. The van der Waals surface area contributed by atoms with Crippen LogP contribution in [0.15, 0.2) is 52.8 Å². The number of rotatable bonds is 5. The third-order valence-corrected chi connectivity index (χ3v) is 9.62. The number of hydrogen-bond acceptors (Lipinski definition) is 12. The van der Waals surface area contributed by atoms with Crippen molar-refractivity contribution in [2.24, 2.45) is 0 Å². The summed E-state index contributed by atoms with van der Waals surface area (Å²) in [6, 6.07) is 1.97. The molecule has 0 saturated heterocycles. The van der Waals surface area contributed by atoms with Crippen LogP contribution in [0.5, 0.6) is 0 Å². The smallest absolute Gasteiger partial charge is 0.744 e. The zero-order valence-electron chi connectivity index (χ0n) is 17.6. The molecule has 0 aliphatic carbocycles. The van der Waals surface area contributed by atoms with Crippen LogP contribution in [0.25, 0.3) is 11.1 Å². The normalized spacial score (nSPS) is 11.8. The van der Waals surface area contributed by atoms with Gasteiger partial charge in [-0.2, -0.15) is 0 Å². The molecular formula is C12H4Br2Na4O12S4. The number of halogens is 2. The zero-order valence-corrected chi connectivity index (χ0v) is 32.0. The Morgan fingerprint density at radius 3 is 0.706 bits per heavy atom. The summed E-state index contributed by atoms with van der Waals surface area (Å²) in [5.74, 6) is 0. The van der Waals surface area contributed by atoms with Gasteiger partial charge in [0.25, 0.3) is 0 Å². The quantitative estimate of drug-likeness (QED) is 0.207. The van der Waals surface area contributed by atoms with Gasteiger partial charge >= 0.3 is 118 Å². The Balaban J connectivity index is -0.00000240. The van der Waals surface area contributed by atoms with E-state index in [0.29, 0.717) is 24.3 Å². The van der Waals surface area contributed by atoms with E-state index in [2.05, 4.69) is 31.9 Å². The van der Waals surface area contributed by atoms with Gasteiger partial charge in [0.05, 0.1) is 28.5 Å². The Labute approximate surface area is 300 Å². The fraction of sp³-hybridized carbons (Fsp3) is 0. The van der Waals surface area contributed by atoms with Gasteiger partial charge in [-0.15, -0.1) is 0 Å². The van der Waals surface area contributed by atoms with Gasteiger partial charge in [0.15, 0.2) is 0 Å². The molecule has 166 valence electrons. The Morgan fingerprint density at radius 1 is 0.441 bits per heavy atom. The Morgan fingerprint density at radius 2 is 0.588 bits per heavy atom. The predicted molar refractivity (Wildman–Crippen MR) is 99.1 cm³/mol. The Kier molecular flexibility index (Phi) is 17.8. The minimum absolute atomic E-state index is 0. The van der Waals surface area contributed by atoms with Crippen LogP contribution >= 0.6 is 31.9 Å². The molecule has 0 N–H and O–H groups in total. The number of benzene rings is 2. The van der Waals surface area contributed by atoms with E-state index in [4.69, 9.17) is 0 Å². The van der Waals surface area contributed by atoms with E-state index in [1.807, 2.05) is 0 Å². The molecule has 2 aromatic carbocycles. The van der Waals surface area contributed by atoms with Gasteiger partial charge < -0.3 is 18.2 Å². The maximum Gasteiger partial charge on any atom is 1.00 e. The molecule has 0 heterocycles. The van der Waals surface area contributed by atoms with Gasteiger partial charge in [-0.1, -0.05) is 0 Å². The SMILES string of the molecule is O=S(=O)([O-])c1cc(-c2cc(S(=O)(=O)[O-])c(Br)c(S(=O)(=O)[O-])c2)cc(S(=O)(=O)[O-])c1Br.[Na+].[Na+].[Na+].[Na+]. The van der Waals surface area contributed by atoms with Crippen LogP contribution < -0.4 is 118 Å². The first-order chi connectivity index (χ1) is 13.2. The molecule has 0 radical (unpaired) electrons. The van der Waals surface area contributed by atoms with Crippen molar-refractivity contribution in [1.29, 1.82) is 0 Å². The van der Waals surface area contributed by atoms with Crippen molar-refractivity contribution in [3.05, 3.63) is 33.2 Å². The predicted octanol–water partition coefficient (Wildman–Crippen LogP) is -11.5. The van der Waals surface area contributed by atoms with Crippen LogP contribution in [-0.4, -0.2) is 51.9 Å². The monoisotopic (exact) mass is 718 g/mol. The van der Waals surface area contributed by atoms with Crippen molar-refractivity contribution in [3.8, 4) is 11.1 Å². The van der Waals surface area contributed by atoms with Crippen molar-refractivity contribution in [1.82, 2.24) is 0 Å². The average molecular weight is 720 g/mol. The fourth-order valence-electron chi connectivity index (χ4n) is 2.21. The summed E-state index contributed by atoms with van der Waals surface area (Å²) >= 11 is 5.01. The van der Waals surface area contributed by atoms with E-state index in [0.717, 1.165) is 0 Å². The van der Waals surface area contributed by atoms with Crippen molar-refractivity contribution in [3.63, 3.8) is 0 Å². The molecule has 12 nitrogen and oxygen atoms in total. The second kappa shape index (κ2) is 14.6. The molecule has 0 fully saturated rings. The van der Waals surface area contributed by atoms with Crippen molar-refractivity contribution < 1.29 is 170 Å². The molecule has 2 aromatic rings. The van der Waals surface area contributed by atoms with E-state index in [1.54, 1.807) is 0 Å². The molecule has 0 aliphatic heterocycles. The summed E-state index contributed by atoms with van der Waals surface area (Å²) in [4.78, 5) is -5.02. The van der Waals surface area contributed by atoms with Crippen LogP contribution in [0.1, 0.15) is 0 Å². The van der Waals surface area contributed by atoms with Crippen LogP contribution in [0.4, 0.5) is 0 Å². The van der Waals surface area contributed by atoms with Gasteiger partial charge in [0, 0.05) is 0 Å². The summed E-state index contributed by atoms with van der Waals surface area (Å²) in [6.45, 7) is 0. The van der Waals surface area contributed by atoms with E-state index in [1.165, 1.54) is 0 Å². The van der Waals surface area contributed by atoms with Crippen molar-refractivity contribution in [2.75, 3.05) is 0 Å². The Bertz CT molecular complexity index is 1290. The van der Waals surface area contributed by atoms with Crippen molar-refractivity contribution >= 4 is 72.3 Å². The van der Waals surface area contributed by atoms with Gasteiger partial charge in [0.2, 0.25) is 0 Å². The van der Waals surface area contributed by atoms with Gasteiger partial charge in [-0.05, 0) is 67.3 Å². The Hall–Kier alpha value is 3.04. The third kappa shape index (κ3) is 10.2. The standard InChI is InChI=1S/C12H8Br2O12S4.4Na/c13-11-7(27(15,16)17)1-5(2-8(11)28(18,19)20)6-3-9(29(21,22)23)12(14)10(4-6)30(24,25)26;;;;/h1-4H,(H,15,16,17)(H,18,19,20)(H,21,22,23)(H,24,25,26);;;;/q;4*+1/p-4. The molecule has 0 aromatic heterocycles. The van der Waals surface area contributed by atoms with Crippen LogP contribution in [0, 0.1) is 0 Å². The zero-order chi connectivity index (χ0) is 23.4. The summed E-state index contributed by atoms with van der Waals surface area (Å²) in [7, 11) is -21.6. The van der Waals surface area contributed by atoms with Gasteiger partial charge in [-0.3, -0.25) is 0 Å². The molecule has 0 aliphatic rings. The molecule has 0 saturated carbocycles. The molecule has 0 amide bonds. The van der Waals surface area contributed by atoms with Crippen molar-refractivity contribution in [2.45, 2.75) is 19.6 Å². The molecule has 0 spiro atoms. The van der Waals surface area contributed by atoms with E-state index < -0.39 is 80.1 Å². The first-order valence-corrected chi connectivity index (χ1v) is 14.0. The molecule has 34 heavy (non-hydrogen) atoms. The minimum atomic E-state index is -5.40. The summed E-state index contributed by atoms with van der Waals surface area (Å²) in [5.41, 5.74) is -1.33. The molecule has 2 rings (SSSR count).